The predicted octanol–water partition coefficient (Wildman–Crippen LogP) is 2.53. The molecule has 4 bridgehead atoms. The van der Waals surface area contributed by atoms with Gasteiger partial charge in [0.25, 0.3) is 0 Å². The Labute approximate surface area is 106 Å². The molecule has 4 saturated carbocycles. The zero-order chi connectivity index (χ0) is 12.1. The Hall–Kier alpha value is -0.0800. The highest BCUT2D eigenvalue weighted by molar-refractivity contribution is 5.06. The monoisotopic (exact) mass is 236 g/mol. The van der Waals surface area contributed by atoms with Crippen LogP contribution in [0, 0.1) is 22.7 Å². The summed E-state index contributed by atoms with van der Waals surface area (Å²) in [5.41, 5.74) is 7.02. The lowest BCUT2D eigenvalue weighted by molar-refractivity contribution is -0.100. The molecule has 3 unspecified atom stereocenters. The van der Waals surface area contributed by atoms with E-state index in [9.17, 15) is 0 Å². The molecule has 17 heavy (non-hydrogen) atoms. The molecule has 4 rings (SSSR count). The molecule has 0 spiro atoms. The average molecular weight is 236 g/mol. The summed E-state index contributed by atoms with van der Waals surface area (Å²) in [4.78, 5) is 0. The first kappa shape index (κ1) is 12.0. The van der Waals surface area contributed by atoms with Crippen molar-refractivity contribution in [1.29, 1.82) is 0 Å². The zero-order valence-corrected chi connectivity index (χ0v) is 11.5. The Kier molecular flexibility index (Phi) is 2.79. The fraction of sp³-hybridized carbons (Fsp3) is 1.00. The summed E-state index contributed by atoms with van der Waals surface area (Å²) < 4.78 is 0. The molecule has 0 amide bonds. The van der Waals surface area contributed by atoms with E-state index in [0.29, 0.717) is 16.9 Å². The Morgan fingerprint density at radius 3 is 2.41 bits per heavy atom. The normalized spacial score (nSPS) is 49.6. The van der Waals surface area contributed by atoms with Crippen LogP contribution >= 0.6 is 0 Å². The van der Waals surface area contributed by atoms with Crippen molar-refractivity contribution in [1.82, 2.24) is 5.32 Å². The molecular formula is C15H28N2. The minimum atomic E-state index is 0.482. The molecular weight excluding hydrogens is 208 g/mol. The van der Waals surface area contributed by atoms with E-state index in [1.54, 1.807) is 0 Å². The smallest absolute Gasteiger partial charge is 0.0162 e. The Balaban J connectivity index is 1.70. The topological polar surface area (TPSA) is 38.0 Å². The van der Waals surface area contributed by atoms with Crippen molar-refractivity contribution in [3.63, 3.8) is 0 Å². The van der Waals surface area contributed by atoms with Crippen LogP contribution in [0.5, 0.6) is 0 Å². The van der Waals surface area contributed by atoms with Gasteiger partial charge in [0.1, 0.15) is 0 Å². The molecule has 2 heteroatoms. The molecule has 0 heterocycles. The van der Waals surface area contributed by atoms with E-state index in [2.05, 4.69) is 19.2 Å². The van der Waals surface area contributed by atoms with E-state index in [1.807, 2.05) is 0 Å². The summed E-state index contributed by atoms with van der Waals surface area (Å²) in [7, 11) is 0. The Morgan fingerprint density at radius 2 is 1.88 bits per heavy atom. The minimum absolute atomic E-state index is 0.482. The van der Waals surface area contributed by atoms with Gasteiger partial charge in [0, 0.05) is 19.1 Å². The fourth-order valence-electron chi connectivity index (χ4n) is 5.61. The molecule has 0 aromatic rings. The van der Waals surface area contributed by atoms with E-state index in [4.69, 9.17) is 5.73 Å². The van der Waals surface area contributed by atoms with Crippen molar-refractivity contribution in [2.75, 3.05) is 13.1 Å². The van der Waals surface area contributed by atoms with Crippen LogP contribution < -0.4 is 11.1 Å². The maximum atomic E-state index is 5.71. The van der Waals surface area contributed by atoms with Gasteiger partial charge in [-0.1, -0.05) is 6.92 Å². The Morgan fingerprint density at radius 1 is 1.24 bits per heavy atom. The summed E-state index contributed by atoms with van der Waals surface area (Å²) >= 11 is 0. The number of hydrogen-bond donors (Lipinski definition) is 2. The van der Waals surface area contributed by atoms with Crippen molar-refractivity contribution in [3.05, 3.63) is 0 Å². The van der Waals surface area contributed by atoms with Crippen molar-refractivity contribution in [2.24, 2.45) is 28.4 Å². The van der Waals surface area contributed by atoms with Crippen LogP contribution in [0.4, 0.5) is 0 Å². The second kappa shape index (κ2) is 3.96. The number of hydrogen-bond acceptors (Lipinski definition) is 2. The van der Waals surface area contributed by atoms with E-state index < -0.39 is 0 Å². The first-order valence-electron chi connectivity index (χ1n) is 7.46. The molecule has 4 aliphatic rings. The molecule has 98 valence electrons. The maximum absolute atomic E-state index is 5.71. The van der Waals surface area contributed by atoms with Crippen LogP contribution in [0.15, 0.2) is 0 Å². The van der Waals surface area contributed by atoms with E-state index in [-0.39, 0.29) is 0 Å². The van der Waals surface area contributed by atoms with Crippen LogP contribution in [0.3, 0.4) is 0 Å². The zero-order valence-electron chi connectivity index (χ0n) is 11.5. The summed E-state index contributed by atoms with van der Waals surface area (Å²) in [6.45, 7) is 6.74. The van der Waals surface area contributed by atoms with Crippen LogP contribution in [-0.2, 0) is 0 Å². The van der Waals surface area contributed by atoms with Gasteiger partial charge < -0.3 is 11.1 Å². The highest BCUT2D eigenvalue weighted by atomic mass is 14.9. The summed E-state index contributed by atoms with van der Waals surface area (Å²) in [6, 6.07) is 0.482. The van der Waals surface area contributed by atoms with Gasteiger partial charge in [0.2, 0.25) is 0 Å². The Bertz CT molecular complexity index is 285. The standard InChI is InChI=1S/C15H28N2/c1-11(8-16)17-10-15-6-12-3-13(7-15)5-14(2,4-12)9-15/h11-13,17H,3-10,16H2,1-2H3. The molecule has 0 saturated heterocycles. The van der Waals surface area contributed by atoms with Crippen LogP contribution in [-0.4, -0.2) is 19.1 Å². The molecule has 0 aromatic heterocycles. The summed E-state index contributed by atoms with van der Waals surface area (Å²) in [6.07, 6.45) is 9.00. The molecule has 4 aliphatic carbocycles. The molecule has 3 N–H and O–H groups in total. The van der Waals surface area contributed by atoms with Gasteiger partial charge in [-0.25, -0.2) is 0 Å². The predicted molar refractivity (Wildman–Crippen MR) is 71.7 cm³/mol. The molecule has 0 radical (unpaired) electrons. The molecule has 3 atom stereocenters. The molecule has 2 nitrogen and oxygen atoms in total. The van der Waals surface area contributed by atoms with Crippen molar-refractivity contribution >= 4 is 0 Å². The average Bonchev–Trinajstić information content (AvgIpc) is 2.22. The van der Waals surface area contributed by atoms with Gasteiger partial charge in [0.05, 0.1) is 0 Å². The first-order valence-corrected chi connectivity index (χ1v) is 7.46. The van der Waals surface area contributed by atoms with Crippen molar-refractivity contribution in [2.45, 2.75) is 58.4 Å². The van der Waals surface area contributed by atoms with Crippen LogP contribution in [0.1, 0.15) is 52.4 Å². The lowest BCUT2D eigenvalue weighted by atomic mass is 9.44. The SMILES string of the molecule is CC(CN)NCC12CC3CC(CC(C)(C3)C1)C2. The van der Waals surface area contributed by atoms with Gasteiger partial charge in [-0.05, 0) is 68.1 Å². The van der Waals surface area contributed by atoms with Crippen molar-refractivity contribution < 1.29 is 0 Å². The van der Waals surface area contributed by atoms with Crippen LogP contribution in [0.25, 0.3) is 0 Å². The largest absolute Gasteiger partial charge is 0.329 e. The molecule has 0 aliphatic heterocycles. The van der Waals surface area contributed by atoms with E-state index in [0.717, 1.165) is 18.4 Å². The lowest BCUT2D eigenvalue weighted by Crippen LogP contribution is -2.55. The minimum Gasteiger partial charge on any atom is -0.329 e. The third-order valence-corrected chi connectivity index (χ3v) is 5.65. The van der Waals surface area contributed by atoms with Crippen LogP contribution in [0.2, 0.25) is 0 Å². The number of rotatable bonds is 4. The number of nitrogens with two attached hydrogens (primary N) is 1. The van der Waals surface area contributed by atoms with E-state index >= 15 is 0 Å². The first-order chi connectivity index (χ1) is 8.03. The third-order valence-electron chi connectivity index (χ3n) is 5.65. The van der Waals surface area contributed by atoms with Gasteiger partial charge in [-0.15, -0.1) is 0 Å². The summed E-state index contributed by atoms with van der Waals surface area (Å²) in [5, 5.41) is 3.68. The maximum Gasteiger partial charge on any atom is 0.0162 e. The van der Waals surface area contributed by atoms with Gasteiger partial charge in [0.15, 0.2) is 0 Å². The lowest BCUT2D eigenvalue weighted by Gasteiger charge is -2.61. The highest BCUT2D eigenvalue weighted by Gasteiger charge is 2.55. The van der Waals surface area contributed by atoms with Gasteiger partial charge in [-0.2, -0.15) is 0 Å². The molecule has 4 fully saturated rings. The third kappa shape index (κ3) is 2.15. The quantitative estimate of drug-likeness (QED) is 0.787. The second-order valence-electron chi connectivity index (χ2n) is 7.79. The van der Waals surface area contributed by atoms with E-state index in [1.165, 1.54) is 45.1 Å². The molecule has 0 aromatic carbocycles. The fourth-order valence-corrected chi connectivity index (χ4v) is 5.61. The van der Waals surface area contributed by atoms with Gasteiger partial charge in [-0.3, -0.25) is 0 Å². The van der Waals surface area contributed by atoms with Crippen molar-refractivity contribution in [3.8, 4) is 0 Å². The van der Waals surface area contributed by atoms with Gasteiger partial charge >= 0.3 is 0 Å². The number of nitrogens with one attached hydrogen (secondary N) is 1. The highest BCUT2D eigenvalue weighted by Crippen LogP contribution is 2.64. The second-order valence-corrected chi connectivity index (χ2v) is 7.79. The summed E-state index contributed by atoms with van der Waals surface area (Å²) in [5.74, 6) is 2.08.